The van der Waals surface area contributed by atoms with Gasteiger partial charge in [-0.2, -0.15) is 0 Å². The van der Waals surface area contributed by atoms with E-state index in [0.717, 1.165) is 169 Å². The van der Waals surface area contributed by atoms with E-state index in [1.807, 2.05) is 30.3 Å². The van der Waals surface area contributed by atoms with E-state index in [1.54, 1.807) is 0 Å². The van der Waals surface area contributed by atoms with Crippen molar-refractivity contribution in [2.75, 3.05) is 0 Å². The van der Waals surface area contributed by atoms with E-state index in [1.165, 1.54) is 64.8 Å². The molecule has 0 amide bonds. The summed E-state index contributed by atoms with van der Waals surface area (Å²) in [5, 5.41) is 21.1. The highest BCUT2D eigenvalue weighted by atomic mass is 79.9. The fraction of sp³-hybridized carbons (Fsp3) is 0. The molecule has 530 valence electrons. The molecule has 0 aliphatic rings. The molecule has 0 aliphatic heterocycles. The predicted molar refractivity (Wildman–Crippen MR) is 478 cm³/mol. The highest BCUT2D eigenvalue weighted by molar-refractivity contribution is 9.11. The second-order valence-corrected chi connectivity index (χ2v) is 31.0. The van der Waals surface area contributed by atoms with Gasteiger partial charge in [0.2, 0.25) is 0 Å². The maximum absolute atomic E-state index is 7.05. The SMILES string of the molecule is Brc1ccc(Br)cc1.c1ccc(-n2c3ccccc3c3c2c2oc4ccccc4c2c2c4ccccc4n(-c4ccc(-n5c6ccccc6c6c7c8ccccc8oc7c7c(c8ccccc8n7-c7ccccc7)c65)cc4)c23)cc1.c1ccc(-n2c3ccccc3c3c4[nH]c5ccccc5c4c4c5ccccc5oc4c32)cc1. The number of benzene rings is 17. The first-order chi connectivity index (χ1) is 56.0. The summed E-state index contributed by atoms with van der Waals surface area (Å²) in [4.78, 5) is 3.77. The molecule has 113 heavy (non-hydrogen) atoms. The highest BCUT2D eigenvalue weighted by Crippen LogP contribution is 2.54. The summed E-state index contributed by atoms with van der Waals surface area (Å²) in [5.41, 5.74) is 24.4. The zero-order chi connectivity index (χ0) is 74.3. The van der Waals surface area contributed by atoms with E-state index >= 15 is 0 Å². The number of H-pyrrole nitrogens is 1. The summed E-state index contributed by atoms with van der Waals surface area (Å²) in [5.74, 6) is 0. The Morgan fingerprint density at radius 1 is 0.195 bits per heavy atom. The van der Waals surface area contributed by atoms with E-state index in [9.17, 15) is 0 Å². The van der Waals surface area contributed by atoms with E-state index in [0.29, 0.717) is 0 Å². The molecule has 0 fully saturated rings. The normalized spacial score (nSPS) is 12.2. The fourth-order valence-electron chi connectivity index (χ4n) is 18.8. The Labute approximate surface area is 660 Å². The van der Waals surface area contributed by atoms with Gasteiger partial charge in [0.05, 0.1) is 60.7 Å². The van der Waals surface area contributed by atoms with Crippen LogP contribution in [0.3, 0.4) is 0 Å². The first-order valence-electron chi connectivity index (χ1n) is 38.0. The van der Waals surface area contributed by atoms with Gasteiger partial charge in [0.15, 0.2) is 16.7 Å². The summed E-state index contributed by atoms with van der Waals surface area (Å²) in [7, 11) is 0. The average molecular weight is 1580 g/mol. The molecule has 17 aromatic carbocycles. The molecule has 26 rings (SSSR count). The quantitative estimate of drug-likeness (QED) is 0.186. The number of aromatic nitrogens is 6. The van der Waals surface area contributed by atoms with E-state index in [2.05, 4.69) is 387 Å². The first kappa shape index (κ1) is 63.8. The van der Waals surface area contributed by atoms with E-state index < -0.39 is 0 Å². The van der Waals surface area contributed by atoms with E-state index in [4.69, 9.17) is 13.3 Å². The molecule has 11 heteroatoms. The lowest BCUT2D eigenvalue weighted by atomic mass is 10.0. The Morgan fingerprint density at radius 2 is 0.451 bits per heavy atom. The van der Waals surface area contributed by atoms with Crippen molar-refractivity contribution >= 4 is 229 Å². The van der Waals surface area contributed by atoms with Crippen molar-refractivity contribution in [3.8, 4) is 28.4 Å². The standard InChI is InChI=1S/C66H38N4O2.C30H18N2O.C6H4Br2/c1-3-19-39(20-4-1)69-51-31-15-9-25-45(51)59-61-55(57-47-27-11-17-33-53(47)71-65(57)63(59)69)43-23-7-13-29-49(43)67(61)41-35-37-42(38-36-41)68-50-30-14-8-24-44(50)56-58-48-28-12-18-34-54(48)72-66(58)64-60(62(56)68)46-26-10-16-32-52(46)70(64)40-21-5-2-6-22-40;1-2-10-18(11-3-1)32-23-16-8-5-13-20(23)27-28-25(19-12-4-7-15-22(19)31-28)26-21-14-6-9-17-24(21)33-30(26)29(27)32;7-5-1-2-6(8)4-3-5/h1-38H;1-17,31H;1-4H. The molecule has 0 saturated carbocycles. The molecule has 9 aromatic heterocycles. The zero-order valence-corrected chi connectivity index (χ0v) is 63.5. The second-order valence-electron chi connectivity index (χ2n) is 29.2. The fourth-order valence-corrected chi connectivity index (χ4v) is 19.3. The van der Waals surface area contributed by atoms with Crippen LogP contribution in [0, 0.1) is 0 Å². The zero-order valence-electron chi connectivity index (χ0n) is 60.3. The molecule has 0 aliphatic carbocycles. The van der Waals surface area contributed by atoms with Crippen molar-refractivity contribution in [2.24, 2.45) is 0 Å². The lowest BCUT2D eigenvalue weighted by Gasteiger charge is -2.13. The van der Waals surface area contributed by atoms with Crippen LogP contribution in [0.15, 0.2) is 380 Å². The maximum atomic E-state index is 7.05. The van der Waals surface area contributed by atoms with Crippen LogP contribution in [0.1, 0.15) is 0 Å². The Balaban J connectivity index is 0.000000148. The van der Waals surface area contributed by atoms with Crippen LogP contribution in [0.5, 0.6) is 0 Å². The highest BCUT2D eigenvalue weighted by Gasteiger charge is 2.32. The van der Waals surface area contributed by atoms with E-state index in [-0.39, 0.29) is 0 Å². The Morgan fingerprint density at radius 3 is 0.814 bits per heavy atom. The molecular formula is C102H60Br2N6O3. The van der Waals surface area contributed by atoms with Crippen molar-refractivity contribution in [2.45, 2.75) is 0 Å². The molecule has 0 atom stereocenters. The van der Waals surface area contributed by atoms with Crippen LogP contribution in [0.2, 0.25) is 0 Å². The van der Waals surface area contributed by atoms with Crippen molar-refractivity contribution in [3.63, 3.8) is 0 Å². The van der Waals surface area contributed by atoms with Gasteiger partial charge in [0, 0.05) is 140 Å². The molecular weight excluding hydrogens is 1520 g/mol. The van der Waals surface area contributed by atoms with Crippen LogP contribution in [0.4, 0.5) is 0 Å². The Bertz CT molecular complexity index is 8100. The number of aromatic amines is 1. The Hall–Kier alpha value is -14.1. The van der Waals surface area contributed by atoms with Gasteiger partial charge >= 0.3 is 0 Å². The van der Waals surface area contributed by atoms with Crippen molar-refractivity contribution in [1.29, 1.82) is 0 Å². The summed E-state index contributed by atoms with van der Waals surface area (Å²) in [6.45, 7) is 0. The number of hydrogen-bond acceptors (Lipinski definition) is 3. The van der Waals surface area contributed by atoms with Gasteiger partial charge in [-0.25, -0.2) is 0 Å². The number of nitrogens with zero attached hydrogens (tertiary/aromatic N) is 5. The summed E-state index contributed by atoms with van der Waals surface area (Å²) in [6, 6.07) is 127. The van der Waals surface area contributed by atoms with Gasteiger partial charge < -0.3 is 41.1 Å². The maximum Gasteiger partial charge on any atom is 0.160 e. The summed E-state index contributed by atoms with van der Waals surface area (Å²) < 4.78 is 35.1. The number of fused-ring (bicyclic) bond motifs is 36. The number of nitrogens with one attached hydrogen (secondary N) is 1. The van der Waals surface area contributed by atoms with Crippen molar-refractivity contribution in [3.05, 3.63) is 367 Å². The monoisotopic (exact) mass is 1570 g/mol. The third-order valence-electron chi connectivity index (χ3n) is 23.2. The lowest BCUT2D eigenvalue weighted by Crippen LogP contribution is -1.98. The molecule has 1 N–H and O–H groups in total. The van der Waals surface area contributed by atoms with Crippen LogP contribution in [0.25, 0.3) is 225 Å². The smallest absolute Gasteiger partial charge is 0.160 e. The molecule has 0 bridgehead atoms. The molecule has 9 nitrogen and oxygen atoms in total. The van der Waals surface area contributed by atoms with Crippen molar-refractivity contribution in [1.82, 2.24) is 27.8 Å². The third kappa shape index (κ3) is 9.20. The lowest BCUT2D eigenvalue weighted by molar-refractivity contribution is 0.671. The minimum atomic E-state index is 0.875. The van der Waals surface area contributed by atoms with Gasteiger partial charge in [-0.05, 0) is 140 Å². The minimum absolute atomic E-state index is 0.875. The van der Waals surface area contributed by atoms with Crippen LogP contribution >= 0.6 is 31.9 Å². The molecule has 26 aromatic rings. The van der Waals surface area contributed by atoms with Gasteiger partial charge in [-0.3, -0.25) is 0 Å². The van der Waals surface area contributed by atoms with Crippen LogP contribution in [-0.2, 0) is 0 Å². The summed E-state index contributed by atoms with van der Waals surface area (Å²) >= 11 is 6.65. The van der Waals surface area contributed by atoms with Gasteiger partial charge in [0.1, 0.15) is 16.7 Å². The second kappa shape index (κ2) is 24.7. The number of rotatable bonds is 5. The number of furan rings is 3. The van der Waals surface area contributed by atoms with Gasteiger partial charge in [-0.1, -0.05) is 250 Å². The largest absolute Gasteiger partial charge is 0.454 e. The van der Waals surface area contributed by atoms with Crippen LogP contribution in [-0.4, -0.2) is 27.8 Å². The molecule has 0 unspecified atom stereocenters. The summed E-state index contributed by atoms with van der Waals surface area (Å²) in [6.07, 6.45) is 0. The topological polar surface area (TPSA) is 79.9 Å². The molecule has 0 saturated heterocycles. The first-order valence-corrected chi connectivity index (χ1v) is 39.6. The average Bonchev–Trinajstić information content (AvgIpc) is 1.48. The van der Waals surface area contributed by atoms with Crippen LogP contribution < -0.4 is 0 Å². The number of hydrogen-bond donors (Lipinski definition) is 1. The van der Waals surface area contributed by atoms with Gasteiger partial charge in [0.25, 0.3) is 0 Å². The molecule has 0 spiro atoms. The molecule has 0 radical (unpaired) electrons. The number of para-hydroxylation sites is 12. The third-order valence-corrected chi connectivity index (χ3v) is 24.3. The Kier molecular flexibility index (Phi) is 13.9. The molecule has 9 heterocycles. The predicted octanol–water partition coefficient (Wildman–Crippen LogP) is 29.4. The number of halogens is 2. The van der Waals surface area contributed by atoms with Crippen molar-refractivity contribution < 1.29 is 13.3 Å². The minimum Gasteiger partial charge on any atom is -0.454 e. The van der Waals surface area contributed by atoms with Gasteiger partial charge in [-0.15, -0.1) is 0 Å².